The number of carbonyl (C=O) groups excluding carboxylic acids is 2. The lowest BCUT2D eigenvalue weighted by molar-refractivity contribution is -0.135. The summed E-state index contributed by atoms with van der Waals surface area (Å²) >= 11 is 0. The molecule has 0 aromatic rings. The lowest BCUT2D eigenvalue weighted by atomic mass is 9.56. The highest BCUT2D eigenvalue weighted by Gasteiger charge is 2.47. The van der Waals surface area contributed by atoms with E-state index in [0.717, 1.165) is 49.1 Å². The van der Waals surface area contributed by atoms with E-state index >= 15 is 0 Å². The molecule has 0 spiro atoms. The smallest absolute Gasteiger partial charge is 0.407 e. The Morgan fingerprint density at radius 2 is 1.97 bits per heavy atom. The van der Waals surface area contributed by atoms with Crippen LogP contribution in [0.3, 0.4) is 0 Å². The summed E-state index contributed by atoms with van der Waals surface area (Å²) in [5.41, 5.74) is 1.57. The number of piperazine rings is 1. The van der Waals surface area contributed by atoms with Crippen LogP contribution in [0.1, 0.15) is 57.8 Å². The number of ether oxygens (including phenoxy) is 1. The predicted molar refractivity (Wildman–Crippen MR) is 119 cm³/mol. The molecule has 6 nitrogen and oxygen atoms in total. The van der Waals surface area contributed by atoms with Gasteiger partial charge in [-0.25, -0.2) is 4.79 Å². The van der Waals surface area contributed by atoms with Gasteiger partial charge in [0.1, 0.15) is 6.10 Å². The molecule has 2 amide bonds. The fraction of sp³-hybridized carbons (Fsp3) is 0.840. The number of likely N-dealkylation sites (N-methyl/N-ethyl adjacent to an activating group) is 1. The van der Waals surface area contributed by atoms with Gasteiger partial charge < -0.3 is 15.0 Å². The number of alkyl carbamates (subject to hydrolysis) is 1. The van der Waals surface area contributed by atoms with Crippen LogP contribution in [0.15, 0.2) is 11.6 Å². The van der Waals surface area contributed by atoms with Gasteiger partial charge in [-0.05, 0) is 87.7 Å². The minimum Gasteiger partial charge on any atom is -0.442 e. The SMILES string of the molecule is CN1CCN(CCNC(=O)OC2C=C3CCC4C5CCCC5CCC4C3CC2)C(=O)C1. The number of carbonyl (C=O) groups is 2. The summed E-state index contributed by atoms with van der Waals surface area (Å²) in [4.78, 5) is 28.2. The molecule has 0 bridgehead atoms. The lowest BCUT2D eigenvalue weighted by Gasteiger charge is -2.49. The van der Waals surface area contributed by atoms with Crippen molar-refractivity contribution in [2.75, 3.05) is 39.8 Å². The second-order valence-corrected chi connectivity index (χ2v) is 10.7. The Morgan fingerprint density at radius 1 is 1.06 bits per heavy atom. The number of amides is 2. The van der Waals surface area contributed by atoms with E-state index in [1.54, 1.807) is 5.57 Å². The largest absolute Gasteiger partial charge is 0.442 e. The second-order valence-electron chi connectivity index (χ2n) is 10.7. The Hall–Kier alpha value is -1.56. The van der Waals surface area contributed by atoms with Gasteiger partial charge in [-0.15, -0.1) is 0 Å². The van der Waals surface area contributed by atoms with E-state index in [2.05, 4.69) is 11.4 Å². The van der Waals surface area contributed by atoms with Gasteiger partial charge in [0.05, 0.1) is 6.54 Å². The van der Waals surface area contributed by atoms with Crippen molar-refractivity contribution in [2.24, 2.45) is 29.6 Å². The van der Waals surface area contributed by atoms with Gasteiger partial charge in [-0.2, -0.15) is 0 Å². The predicted octanol–water partition coefficient (Wildman–Crippen LogP) is 3.43. The lowest BCUT2D eigenvalue weighted by Crippen LogP contribution is -2.50. The van der Waals surface area contributed by atoms with Gasteiger partial charge in [0, 0.05) is 26.2 Å². The molecule has 5 rings (SSSR count). The molecule has 6 heteroatoms. The van der Waals surface area contributed by atoms with Crippen molar-refractivity contribution in [1.82, 2.24) is 15.1 Å². The third-order valence-electron chi connectivity index (χ3n) is 9.03. The second kappa shape index (κ2) is 9.13. The molecule has 5 aliphatic rings. The fourth-order valence-corrected chi connectivity index (χ4v) is 7.55. The third kappa shape index (κ3) is 4.50. The summed E-state index contributed by atoms with van der Waals surface area (Å²) in [6.07, 6.45) is 13.8. The number of rotatable bonds is 4. The van der Waals surface area contributed by atoms with Crippen LogP contribution in [0.5, 0.6) is 0 Å². The molecular formula is C25H39N3O3. The fourth-order valence-electron chi connectivity index (χ4n) is 7.55. The number of nitrogens with zero attached hydrogens (tertiary/aromatic N) is 2. The maximum Gasteiger partial charge on any atom is 0.407 e. The summed E-state index contributed by atoms with van der Waals surface area (Å²) in [6, 6.07) is 0. The van der Waals surface area contributed by atoms with E-state index in [4.69, 9.17) is 4.74 Å². The summed E-state index contributed by atoms with van der Waals surface area (Å²) in [6.45, 7) is 3.08. The van der Waals surface area contributed by atoms with E-state index in [9.17, 15) is 9.59 Å². The monoisotopic (exact) mass is 429 g/mol. The first-order valence-electron chi connectivity index (χ1n) is 12.7. The zero-order chi connectivity index (χ0) is 21.4. The van der Waals surface area contributed by atoms with Crippen molar-refractivity contribution in [2.45, 2.75) is 63.9 Å². The first kappa shape index (κ1) is 21.3. The van der Waals surface area contributed by atoms with Gasteiger partial charge in [0.15, 0.2) is 0 Å². The van der Waals surface area contributed by atoms with E-state index in [0.29, 0.717) is 19.6 Å². The van der Waals surface area contributed by atoms with Gasteiger partial charge in [0.2, 0.25) is 5.91 Å². The number of nitrogens with one attached hydrogen (secondary N) is 1. The Morgan fingerprint density at radius 3 is 2.84 bits per heavy atom. The van der Waals surface area contributed by atoms with E-state index in [1.165, 1.54) is 51.4 Å². The first-order valence-corrected chi connectivity index (χ1v) is 12.7. The van der Waals surface area contributed by atoms with Gasteiger partial charge >= 0.3 is 6.09 Å². The number of allylic oxidation sites excluding steroid dienone is 1. The molecule has 1 aliphatic heterocycles. The Kier molecular flexibility index (Phi) is 6.27. The van der Waals surface area contributed by atoms with Crippen LogP contribution in [0.2, 0.25) is 0 Å². The summed E-state index contributed by atoms with van der Waals surface area (Å²) in [5, 5.41) is 2.85. The Balaban J connectivity index is 1.09. The minimum atomic E-state index is -0.345. The Labute approximate surface area is 186 Å². The molecule has 0 aromatic heterocycles. The van der Waals surface area contributed by atoms with Crippen LogP contribution in [0, 0.1) is 29.6 Å². The van der Waals surface area contributed by atoms with Crippen LogP contribution in [0.4, 0.5) is 4.79 Å². The molecule has 6 atom stereocenters. The average molecular weight is 430 g/mol. The normalized spacial score (nSPS) is 38.0. The minimum absolute atomic E-state index is 0.0871. The Bertz CT molecular complexity index is 723. The zero-order valence-corrected chi connectivity index (χ0v) is 19.1. The van der Waals surface area contributed by atoms with Crippen molar-refractivity contribution in [3.63, 3.8) is 0 Å². The van der Waals surface area contributed by atoms with Crippen molar-refractivity contribution < 1.29 is 14.3 Å². The van der Waals surface area contributed by atoms with Gasteiger partial charge in [0.25, 0.3) is 0 Å². The van der Waals surface area contributed by atoms with E-state index in [1.807, 2.05) is 16.8 Å². The number of hydrogen-bond acceptors (Lipinski definition) is 4. The highest BCUT2D eigenvalue weighted by molar-refractivity contribution is 5.79. The van der Waals surface area contributed by atoms with Crippen LogP contribution in [-0.2, 0) is 9.53 Å². The molecule has 4 aliphatic carbocycles. The van der Waals surface area contributed by atoms with E-state index < -0.39 is 0 Å². The molecule has 6 unspecified atom stereocenters. The maximum atomic E-state index is 12.3. The molecule has 3 saturated carbocycles. The number of fused-ring (bicyclic) bond motifs is 5. The molecule has 1 heterocycles. The van der Waals surface area contributed by atoms with Gasteiger partial charge in [-0.3, -0.25) is 9.69 Å². The molecule has 31 heavy (non-hydrogen) atoms. The van der Waals surface area contributed by atoms with E-state index in [-0.39, 0.29) is 18.1 Å². The molecular weight excluding hydrogens is 390 g/mol. The zero-order valence-electron chi connectivity index (χ0n) is 19.1. The molecule has 4 fully saturated rings. The third-order valence-corrected chi connectivity index (χ3v) is 9.03. The van der Waals surface area contributed by atoms with Crippen LogP contribution in [0.25, 0.3) is 0 Å². The van der Waals surface area contributed by atoms with Gasteiger partial charge in [-0.1, -0.05) is 18.4 Å². The average Bonchev–Trinajstić information content (AvgIpc) is 3.24. The molecule has 172 valence electrons. The molecule has 1 saturated heterocycles. The highest BCUT2D eigenvalue weighted by Crippen LogP contribution is 2.56. The molecule has 0 radical (unpaired) electrons. The topological polar surface area (TPSA) is 61.9 Å². The van der Waals surface area contributed by atoms with Crippen molar-refractivity contribution in [3.05, 3.63) is 11.6 Å². The standard InChI is InChI=1S/C25H39N3O3/c1-27-13-14-28(24(29)16-27)12-11-26-25(30)31-19-7-10-21-18(15-19)6-9-22-20-4-2-3-17(20)5-8-23(21)22/h15,17,19-23H,2-14,16H2,1H3,(H,26,30). The van der Waals surface area contributed by atoms with Crippen molar-refractivity contribution >= 4 is 12.0 Å². The van der Waals surface area contributed by atoms with Crippen molar-refractivity contribution in [1.29, 1.82) is 0 Å². The summed E-state index contributed by atoms with van der Waals surface area (Å²) in [5.74, 6) is 4.75. The summed E-state index contributed by atoms with van der Waals surface area (Å²) in [7, 11) is 1.96. The maximum absolute atomic E-state index is 12.3. The van der Waals surface area contributed by atoms with Crippen LogP contribution >= 0.6 is 0 Å². The highest BCUT2D eigenvalue weighted by atomic mass is 16.6. The molecule has 0 aromatic carbocycles. The van der Waals surface area contributed by atoms with Crippen LogP contribution in [-0.4, -0.2) is 67.7 Å². The van der Waals surface area contributed by atoms with Crippen LogP contribution < -0.4 is 5.32 Å². The quantitative estimate of drug-likeness (QED) is 0.696. The molecule has 1 N–H and O–H groups in total. The number of hydrogen-bond donors (Lipinski definition) is 1. The first-order chi connectivity index (χ1) is 15.1. The van der Waals surface area contributed by atoms with Crippen molar-refractivity contribution in [3.8, 4) is 0 Å². The summed E-state index contributed by atoms with van der Waals surface area (Å²) < 4.78 is 5.74.